The molecule has 1 atom stereocenters. The van der Waals surface area contributed by atoms with E-state index >= 15 is 0 Å². The van der Waals surface area contributed by atoms with Crippen LogP contribution in [0.25, 0.3) is 6.08 Å². The lowest BCUT2D eigenvalue weighted by Gasteiger charge is -2.32. The van der Waals surface area contributed by atoms with E-state index in [0.29, 0.717) is 11.4 Å². The van der Waals surface area contributed by atoms with E-state index in [1.54, 1.807) is 35.4 Å². The predicted octanol–water partition coefficient (Wildman–Crippen LogP) is 3.59. The number of benzene rings is 2. The molecule has 2 aromatic carbocycles. The van der Waals surface area contributed by atoms with Gasteiger partial charge in [0, 0.05) is 38.0 Å². The zero-order valence-electron chi connectivity index (χ0n) is 18.1. The van der Waals surface area contributed by atoms with Gasteiger partial charge in [0.2, 0.25) is 11.8 Å². The lowest BCUT2D eigenvalue weighted by atomic mass is 9.93. The van der Waals surface area contributed by atoms with E-state index in [1.165, 1.54) is 6.92 Å². The van der Waals surface area contributed by atoms with Gasteiger partial charge in [0.05, 0.1) is 12.5 Å². The largest absolute Gasteiger partial charge is 0.484 e. The maximum Gasteiger partial charge on any atom is 0.260 e. The van der Waals surface area contributed by atoms with E-state index in [1.807, 2.05) is 35.2 Å². The van der Waals surface area contributed by atoms with Gasteiger partial charge in [-0.1, -0.05) is 30.3 Å². The summed E-state index contributed by atoms with van der Waals surface area (Å²) in [5, 5.41) is 2.89. The van der Waals surface area contributed by atoms with Crippen molar-refractivity contribution in [1.82, 2.24) is 9.80 Å². The second-order valence-electron chi connectivity index (χ2n) is 8.04. The van der Waals surface area contributed by atoms with E-state index in [4.69, 9.17) is 4.74 Å². The third-order valence-corrected chi connectivity index (χ3v) is 5.79. The van der Waals surface area contributed by atoms with Crippen LogP contribution in [0.5, 0.6) is 5.75 Å². The molecule has 0 bridgehead atoms. The van der Waals surface area contributed by atoms with Crippen molar-refractivity contribution in [3.63, 3.8) is 0 Å². The Morgan fingerprint density at radius 3 is 2.62 bits per heavy atom. The molecule has 0 aromatic heterocycles. The van der Waals surface area contributed by atoms with Gasteiger partial charge in [0.25, 0.3) is 5.91 Å². The molecule has 2 aromatic rings. The number of fused-ring (bicyclic) bond motifs is 1. The summed E-state index contributed by atoms with van der Waals surface area (Å²) < 4.78 is 5.64. The van der Waals surface area contributed by atoms with E-state index in [2.05, 4.69) is 5.32 Å². The highest BCUT2D eigenvalue weighted by atomic mass is 16.5. The molecule has 1 N–H and O–H groups in total. The molecule has 0 radical (unpaired) electrons. The molecule has 1 saturated heterocycles. The van der Waals surface area contributed by atoms with Crippen molar-refractivity contribution in [2.24, 2.45) is 0 Å². The highest BCUT2D eigenvalue weighted by Crippen LogP contribution is 2.33. The molecule has 32 heavy (non-hydrogen) atoms. The van der Waals surface area contributed by atoms with Crippen LogP contribution < -0.4 is 10.1 Å². The summed E-state index contributed by atoms with van der Waals surface area (Å²) in [7, 11) is 0. The van der Waals surface area contributed by atoms with Crippen LogP contribution in [0.4, 0.5) is 5.69 Å². The van der Waals surface area contributed by atoms with Crippen molar-refractivity contribution in [2.75, 3.05) is 25.0 Å². The minimum Gasteiger partial charge on any atom is -0.484 e. The Morgan fingerprint density at radius 1 is 1.06 bits per heavy atom. The van der Waals surface area contributed by atoms with Gasteiger partial charge in [-0.05, 0) is 42.2 Å². The predicted molar refractivity (Wildman–Crippen MR) is 122 cm³/mol. The molecule has 4 rings (SSSR count). The molecular weight excluding hydrogens is 406 g/mol. The first-order valence-electron chi connectivity index (χ1n) is 10.9. The SMILES string of the molecule is CC(=O)N1C=Cc2ccccc2C1CC(=O)Nc1cccc(OCC(=O)N2CCCC2)c1. The summed E-state index contributed by atoms with van der Waals surface area (Å²) in [6.07, 6.45) is 5.81. The zero-order valence-corrected chi connectivity index (χ0v) is 18.1. The first kappa shape index (κ1) is 21.6. The molecule has 7 heteroatoms. The third-order valence-electron chi connectivity index (χ3n) is 5.79. The Labute approximate surface area is 187 Å². The van der Waals surface area contributed by atoms with E-state index in [0.717, 1.165) is 37.1 Å². The molecule has 1 unspecified atom stereocenters. The minimum atomic E-state index is -0.369. The number of nitrogens with one attached hydrogen (secondary N) is 1. The van der Waals surface area contributed by atoms with Crippen LogP contribution in [-0.2, 0) is 14.4 Å². The summed E-state index contributed by atoms with van der Waals surface area (Å²) in [4.78, 5) is 40.5. The molecule has 3 amide bonds. The first-order chi connectivity index (χ1) is 15.5. The molecule has 166 valence electrons. The molecule has 0 spiro atoms. The number of likely N-dealkylation sites (tertiary alicyclic amines) is 1. The van der Waals surface area contributed by atoms with Crippen molar-refractivity contribution in [3.05, 3.63) is 65.9 Å². The average Bonchev–Trinajstić information content (AvgIpc) is 3.33. The Kier molecular flexibility index (Phi) is 6.54. The number of carbonyl (C=O) groups is 3. The lowest BCUT2D eigenvalue weighted by molar-refractivity contribution is -0.132. The third kappa shape index (κ3) is 4.99. The maximum atomic E-state index is 12.8. The van der Waals surface area contributed by atoms with Crippen LogP contribution in [0.2, 0.25) is 0 Å². The number of nitrogens with zero attached hydrogens (tertiary/aromatic N) is 2. The van der Waals surface area contributed by atoms with E-state index in [-0.39, 0.29) is 36.8 Å². The monoisotopic (exact) mass is 433 g/mol. The quantitative estimate of drug-likeness (QED) is 0.755. The number of anilines is 1. The smallest absolute Gasteiger partial charge is 0.260 e. The van der Waals surface area contributed by atoms with Gasteiger partial charge in [-0.2, -0.15) is 0 Å². The van der Waals surface area contributed by atoms with Crippen LogP contribution in [0.15, 0.2) is 54.7 Å². The molecule has 0 aliphatic carbocycles. The average molecular weight is 434 g/mol. The Morgan fingerprint density at radius 2 is 1.84 bits per heavy atom. The number of rotatable bonds is 6. The number of carbonyl (C=O) groups excluding carboxylic acids is 3. The molecule has 7 nitrogen and oxygen atoms in total. The van der Waals surface area contributed by atoms with Gasteiger partial charge in [0.15, 0.2) is 6.61 Å². The highest BCUT2D eigenvalue weighted by molar-refractivity contribution is 5.92. The van der Waals surface area contributed by atoms with Gasteiger partial charge in [-0.15, -0.1) is 0 Å². The number of hydrogen-bond donors (Lipinski definition) is 1. The van der Waals surface area contributed by atoms with Gasteiger partial charge >= 0.3 is 0 Å². The lowest BCUT2D eigenvalue weighted by Crippen LogP contribution is -2.33. The maximum absolute atomic E-state index is 12.8. The van der Waals surface area contributed by atoms with Crippen LogP contribution >= 0.6 is 0 Å². The summed E-state index contributed by atoms with van der Waals surface area (Å²) in [5.41, 5.74) is 2.52. The van der Waals surface area contributed by atoms with Gasteiger partial charge in [-0.25, -0.2) is 0 Å². The fourth-order valence-electron chi connectivity index (χ4n) is 4.17. The van der Waals surface area contributed by atoms with Crippen molar-refractivity contribution in [3.8, 4) is 5.75 Å². The number of amides is 3. The van der Waals surface area contributed by atoms with E-state index < -0.39 is 0 Å². The summed E-state index contributed by atoms with van der Waals surface area (Å²) >= 11 is 0. The van der Waals surface area contributed by atoms with Crippen molar-refractivity contribution in [1.29, 1.82) is 0 Å². The Balaban J connectivity index is 1.39. The van der Waals surface area contributed by atoms with Crippen LogP contribution in [0.3, 0.4) is 0 Å². The molecule has 2 aliphatic heterocycles. The first-order valence-corrected chi connectivity index (χ1v) is 10.9. The summed E-state index contributed by atoms with van der Waals surface area (Å²) in [6, 6.07) is 14.4. The fourth-order valence-corrected chi connectivity index (χ4v) is 4.17. The normalized spacial score (nSPS) is 17.1. The fraction of sp³-hybridized carbons (Fsp3) is 0.320. The Hall–Kier alpha value is -3.61. The minimum absolute atomic E-state index is 0.0177. The van der Waals surface area contributed by atoms with E-state index in [9.17, 15) is 14.4 Å². The summed E-state index contributed by atoms with van der Waals surface area (Å²) in [6.45, 7) is 3.05. The van der Waals surface area contributed by atoms with Crippen molar-refractivity contribution < 1.29 is 19.1 Å². The second-order valence-corrected chi connectivity index (χ2v) is 8.04. The van der Waals surface area contributed by atoms with Crippen LogP contribution in [-0.4, -0.2) is 47.2 Å². The molecule has 2 heterocycles. The topological polar surface area (TPSA) is 79.0 Å². The van der Waals surface area contributed by atoms with Gasteiger partial charge in [0.1, 0.15) is 5.75 Å². The van der Waals surface area contributed by atoms with Crippen LogP contribution in [0, 0.1) is 0 Å². The summed E-state index contributed by atoms with van der Waals surface area (Å²) in [5.74, 6) is 0.167. The zero-order chi connectivity index (χ0) is 22.5. The van der Waals surface area contributed by atoms with Crippen molar-refractivity contribution >= 4 is 29.5 Å². The van der Waals surface area contributed by atoms with Gasteiger partial charge in [-0.3, -0.25) is 14.4 Å². The molecular formula is C25H27N3O4. The highest BCUT2D eigenvalue weighted by Gasteiger charge is 2.28. The molecule has 0 saturated carbocycles. The van der Waals surface area contributed by atoms with Crippen LogP contribution in [0.1, 0.15) is 43.4 Å². The number of hydrogen-bond acceptors (Lipinski definition) is 4. The Bertz CT molecular complexity index is 1040. The van der Waals surface area contributed by atoms with Gasteiger partial charge < -0.3 is 19.9 Å². The molecule has 2 aliphatic rings. The standard InChI is InChI=1S/C25H27N3O4/c1-18(29)28-14-11-19-7-2-3-10-22(19)23(28)16-24(30)26-20-8-6-9-21(15-20)32-17-25(31)27-12-4-5-13-27/h2-3,6-11,14-15,23H,4-5,12-13,16-17H2,1H3,(H,26,30). The number of ether oxygens (including phenoxy) is 1. The second kappa shape index (κ2) is 9.68. The molecule has 1 fully saturated rings. The van der Waals surface area contributed by atoms with Crippen molar-refractivity contribution in [2.45, 2.75) is 32.2 Å².